The van der Waals surface area contributed by atoms with Crippen molar-refractivity contribution in [2.24, 2.45) is 0 Å². The zero-order chi connectivity index (χ0) is 13.7. The summed E-state index contributed by atoms with van der Waals surface area (Å²) in [4.78, 5) is 15.5. The number of hydrogen-bond donors (Lipinski definition) is 3. The fourth-order valence-corrected chi connectivity index (χ4v) is 2.12. The standard InChI is InChI=1S/C11H13N5O2S/c12-11-16-15-8(19-11)4-2-6-14-10(18)9-7(17)3-1-5-13-9/h1,3,5,17H,2,4,6H2,(H2,12,16)(H,14,18). The molecule has 2 aromatic rings. The molecule has 0 radical (unpaired) electrons. The second-order valence-corrected chi connectivity index (χ2v) is 4.86. The molecule has 0 aliphatic carbocycles. The molecule has 100 valence electrons. The number of amides is 1. The SMILES string of the molecule is Nc1nnc(CCCNC(=O)c2ncccc2O)s1. The van der Waals surface area contributed by atoms with E-state index in [0.29, 0.717) is 24.5 Å². The van der Waals surface area contributed by atoms with E-state index in [1.807, 2.05) is 0 Å². The molecule has 19 heavy (non-hydrogen) atoms. The average molecular weight is 279 g/mol. The van der Waals surface area contributed by atoms with E-state index >= 15 is 0 Å². The molecule has 0 unspecified atom stereocenters. The van der Waals surface area contributed by atoms with Crippen LogP contribution in [0.4, 0.5) is 5.13 Å². The molecule has 2 rings (SSSR count). The minimum Gasteiger partial charge on any atom is -0.505 e. The lowest BCUT2D eigenvalue weighted by atomic mass is 10.3. The molecule has 0 atom stereocenters. The highest BCUT2D eigenvalue weighted by Crippen LogP contribution is 2.13. The summed E-state index contributed by atoms with van der Waals surface area (Å²) in [7, 11) is 0. The van der Waals surface area contributed by atoms with Gasteiger partial charge in [-0.05, 0) is 18.6 Å². The van der Waals surface area contributed by atoms with Gasteiger partial charge in [-0.1, -0.05) is 11.3 Å². The molecule has 4 N–H and O–H groups in total. The predicted molar refractivity (Wildman–Crippen MR) is 70.9 cm³/mol. The van der Waals surface area contributed by atoms with Gasteiger partial charge in [0, 0.05) is 19.2 Å². The Balaban J connectivity index is 1.77. The zero-order valence-corrected chi connectivity index (χ0v) is 10.9. The average Bonchev–Trinajstić information content (AvgIpc) is 2.81. The third-order valence-corrected chi connectivity index (χ3v) is 3.15. The quantitative estimate of drug-likeness (QED) is 0.690. The number of nitrogens with zero attached hydrogens (tertiary/aromatic N) is 3. The summed E-state index contributed by atoms with van der Waals surface area (Å²) in [5.74, 6) is -0.522. The molecular weight excluding hydrogens is 266 g/mol. The van der Waals surface area contributed by atoms with Crippen LogP contribution in [0.2, 0.25) is 0 Å². The molecule has 2 heterocycles. The number of aryl methyl sites for hydroxylation is 1. The van der Waals surface area contributed by atoms with E-state index < -0.39 is 5.91 Å². The van der Waals surface area contributed by atoms with Crippen LogP contribution in [0.5, 0.6) is 5.75 Å². The van der Waals surface area contributed by atoms with Gasteiger partial charge in [-0.25, -0.2) is 4.98 Å². The summed E-state index contributed by atoms with van der Waals surface area (Å²) in [5, 5.41) is 21.0. The Labute approximate surface area is 113 Å². The Morgan fingerprint density at radius 1 is 1.47 bits per heavy atom. The summed E-state index contributed by atoms with van der Waals surface area (Å²) in [5.41, 5.74) is 5.49. The Morgan fingerprint density at radius 3 is 3.00 bits per heavy atom. The van der Waals surface area contributed by atoms with Crippen LogP contribution >= 0.6 is 11.3 Å². The van der Waals surface area contributed by atoms with Crippen molar-refractivity contribution in [1.82, 2.24) is 20.5 Å². The Bertz CT molecular complexity index is 572. The number of anilines is 1. The van der Waals surface area contributed by atoms with E-state index in [4.69, 9.17) is 5.73 Å². The summed E-state index contributed by atoms with van der Waals surface area (Å²) in [6.45, 7) is 0.467. The monoisotopic (exact) mass is 279 g/mol. The molecule has 1 amide bonds. The third kappa shape index (κ3) is 3.62. The Morgan fingerprint density at radius 2 is 2.32 bits per heavy atom. The highest BCUT2D eigenvalue weighted by atomic mass is 32.1. The van der Waals surface area contributed by atoms with E-state index in [1.54, 1.807) is 6.07 Å². The number of nitrogens with one attached hydrogen (secondary N) is 1. The second-order valence-electron chi connectivity index (χ2n) is 3.76. The first-order chi connectivity index (χ1) is 9.16. The molecule has 0 aliphatic heterocycles. The maximum Gasteiger partial charge on any atom is 0.273 e. The molecule has 0 aromatic carbocycles. The molecule has 0 bridgehead atoms. The zero-order valence-electron chi connectivity index (χ0n) is 10.0. The lowest BCUT2D eigenvalue weighted by molar-refractivity contribution is 0.0945. The van der Waals surface area contributed by atoms with Gasteiger partial charge in [-0.15, -0.1) is 10.2 Å². The fourth-order valence-electron chi connectivity index (χ4n) is 1.46. The summed E-state index contributed by atoms with van der Waals surface area (Å²) >= 11 is 1.34. The number of aromatic hydroxyl groups is 1. The Kier molecular flexibility index (Phi) is 4.24. The number of nitrogens with two attached hydrogens (primary N) is 1. The minimum absolute atomic E-state index is 0.0302. The van der Waals surface area contributed by atoms with Crippen molar-refractivity contribution < 1.29 is 9.90 Å². The van der Waals surface area contributed by atoms with Gasteiger partial charge in [-0.3, -0.25) is 4.79 Å². The molecule has 0 spiro atoms. The van der Waals surface area contributed by atoms with Gasteiger partial charge in [0.1, 0.15) is 10.8 Å². The molecule has 0 saturated carbocycles. The van der Waals surface area contributed by atoms with Crippen molar-refractivity contribution in [3.8, 4) is 5.75 Å². The van der Waals surface area contributed by atoms with Crippen LogP contribution in [0.15, 0.2) is 18.3 Å². The first-order valence-corrected chi connectivity index (χ1v) is 6.48. The number of pyridine rings is 1. The van der Waals surface area contributed by atoms with Gasteiger partial charge in [0.05, 0.1) is 0 Å². The van der Waals surface area contributed by atoms with Crippen LogP contribution < -0.4 is 11.1 Å². The molecule has 2 aromatic heterocycles. The van der Waals surface area contributed by atoms with E-state index in [2.05, 4.69) is 20.5 Å². The van der Waals surface area contributed by atoms with Crippen LogP contribution in [0.1, 0.15) is 21.9 Å². The minimum atomic E-state index is -0.394. The van der Waals surface area contributed by atoms with Crippen LogP contribution in [0, 0.1) is 0 Å². The molecule has 0 aliphatic rings. The van der Waals surface area contributed by atoms with Gasteiger partial charge in [0.25, 0.3) is 5.91 Å². The van der Waals surface area contributed by atoms with Crippen LogP contribution in [0.25, 0.3) is 0 Å². The molecule has 0 fully saturated rings. The maximum atomic E-state index is 11.7. The highest BCUT2D eigenvalue weighted by molar-refractivity contribution is 7.15. The molecular formula is C11H13N5O2S. The summed E-state index contributed by atoms with van der Waals surface area (Å²) < 4.78 is 0. The van der Waals surface area contributed by atoms with E-state index in [1.165, 1.54) is 23.6 Å². The van der Waals surface area contributed by atoms with Gasteiger partial charge >= 0.3 is 0 Å². The van der Waals surface area contributed by atoms with E-state index in [0.717, 1.165) is 5.01 Å². The molecule has 7 nitrogen and oxygen atoms in total. The van der Waals surface area contributed by atoms with E-state index in [-0.39, 0.29) is 11.4 Å². The largest absolute Gasteiger partial charge is 0.505 e. The normalized spacial score (nSPS) is 10.3. The van der Waals surface area contributed by atoms with Gasteiger partial charge in [0.2, 0.25) is 5.13 Å². The number of carbonyl (C=O) groups excluding carboxylic acids is 1. The predicted octanol–water partition coefficient (Wildman–Crippen LogP) is 0.584. The first kappa shape index (κ1) is 13.2. The van der Waals surface area contributed by atoms with Crippen LogP contribution in [-0.4, -0.2) is 32.7 Å². The fraction of sp³-hybridized carbons (Fsp3) is 0.273. The van der Waals surface area contributed by atoms with Crippen molar-refractivity contribution in [2.75, 3.05) is 12.3 Å². The Hall–Kier alpha value is -2.22. The number of carbonyl (C=O) groups is 1. The third-order valence-electron chi connectivity index (χ3n) is 2.34. The summed E-state index contributed by atoms with van der Waals surface area (Å²) in [6.07, 6.45) is 2.87. The lowest BCUT2D eigenvalue weighted by Gasteiger charge is -2.04. The van der Waals surface area contributed by atoms with Crippen molar-refractivity contribution in [3.63, 3.8) is 0 Å². The topological polar surface area (TPSA) is 114 Å². The van der Waals surface area contributed by atoms with Crippen molar-refractivity contribution >= 4 is 22.4 Å². The highest BCUT2D eigenvalue weighted by Gasteiger charge is 2.11. The van der Waals surface area contributed by atoms with Crippen LogP contribution in [0.3, 0.4) is 0 Å². The number of nitrogen functional groups attached to an aromatic ring is 1. The molecule has 8 heteroatoms. The first-order valence-electron chi connectivity index (χ1n) is 5.67. The number of rotatable bonds is 5. The number of aromatic nitrogens is 3. The van der Waals surface area contributed by atoms with Gasteiger partial charge < -0.3 is 16.2 Å². The van der Waals surface area contributed by atoms with Crippen molar-refractivity contribution in [1.29, 1.82) is 0 Å². The van der Waals surface area contributed by atoms with Crippen LogP contribution in [-0.2, 0) is 6.42 Å². The van der Waals surface area contributed by atoms with Gasteiger partial charge in [-0.2, -0.15) is 0 Å². The molecule has 0 saturated heterocycles. The smallest absolute Gasteiger partial charge is 0.273 e. The van der Waals surface area contributed by atoms with Crippen molar-refractivity contribution in [3.05, 3.63) is 29.0 Å². The summed E-state index contributed by atoms with van der Waals surface area (Å²) in [6, 6.07) is 2.98. The maximum absolute atomic E-state index is 11.7. The lowest BCUT2D eigenvalue weighted by Crippen LogP contribution is -2.25. The number of hydrogen-bond acceptors (Lipinski definition) is 7. The van der Waals surface area contributed by atoms with Crippen molar-refractivity contribution in [2.45, 2.75) is 12.8 Å². The second kappa shape index (κ2) is 6.10. The van der Waals surface area contributed by atoms with Gasteiger partial charge in [0.15, 0.2) is 5.69 Å². The van der Waals surface area contributed by atoms with E-state index in [9.17, 15) is 9.90 Å².